The van der Waals surface area contributed by atoms with E-state index in [-0.39, 0.29) is 28.6 Å². The van der Waals surface area contributed by atoms with Crippen molar-refractivity contribution in [3.63, 3.8) is 0 Å². The Balaban J connectivity index is 2.08. The van der Waals surface area contributed by atoms with Crippen molar-refractivity contribution in [1.82, 2.24) is 10.3 Å². The number of nitrogens with two attached hydrogens (primary N) is 1. The summed E-state index contributed by atoms with van der Waals surface area (Å²) in [5, 5.41) is 14.4. The average Bonchev–Trinajstić information content (AvgIpc) is 2.80. The van der Waals surface area contributed by atoms with E-state index in [1.54, 1.807) is 12.1 Å². The summed E-state index contributed by atoms with van der Waals surface area (Å²) in [6.45, 7) is 8.53. The first-order chi connectivity index (χ1) is 9.21. The predicted molar refractivity (Wildman–Crippen MR) is 75.6 cm³/mol. The lowest BCUT2D eigenvalue weighted by Gasteiger charge is -2.06. The van der Waals surface area contributed by atoms with Crippen LogP contribution in [0.2, 0.25) is 0 Å². The molecule has 1 aliphatic carbocycles. The lowest BCUT2D eigenvalue weighted by atomic mass is 10.0. The van der Waals surface area contributed by atoms with Crippen LogP contribution in [0.25, 0.3) is 0 Å². The summed E-state index contributed by atoms with van der Waals surface area (Å²) in [7, 11) is 0. The number of oxime groups is 1. The molecule has 20 heavy (non-hydrogen) atoms. The van der Waals surface area contributed by atoms with Crippen molar-refractivity contribution >= 4 is 11.7 Å². The van der Waals surface area contributed by atoms with Gasteiger partial charge in [0.05, 0.1) is 0 Å². The third-order valence-corrected chi connectivity index (χ3v) is 4.70. The summed E-state index contributed by atoms with van der Waals surface area (Å²) < 4.78 is 0. The molecule has 1 heterocycles. The fourth-order valence-electron chi connectivity index (χ4n) is 2.50. The second-order valence-electron chi connectivity index (χ2n) is 6.27. The van der Waals surface area contributed by atoms with Crippen molar-refractivity contribution in [1.29, 1.82) is 0 Å². The van der Waals surface area contributed by atoms with E-state index < -0.39 is 0 Å². The molecule has 0 bridgehead atoms. The van der Waals surface area contributed by atoms with Crippen LogP contribution in [0.15, 0.2) is 23.5 Å². The smallest absolute Gasteiger partial charge is 0.270 e. The van der Waals surface area contributed by atoms with Crippen LogP contribution in [0.5, 0.6) is 0 Å². The second-order valence-corrected chi connectivity index (χ2v) is 6.27. The van der Waals surface area contributed by atoms with Crippen molar-refractivity contribution in [2.75, 3.05) is 0 Å². The zero-order chi connectivity index (χ0) is 15.1. The summed E-state index contributed by atoms with van der Waals surface area (Å²) in [6, 6.07) is 3.29. The van der Waals surface area contributed by atoms with E-state index in [1.165, 1.54) is 6.20 Å². The Morgan fingerprint density at radius 3 is 2.35 bits per heavy atom. The molecule has 1 saturated carbocycles. The highest BCUT2D eigenvalue weighted by molar-refractivity contribution is 5.98. The number of amides is 1. The standard InChI is InChI=1S/C14H20N4O2/c1-13(2)12(14(13,3)4)17-11(19)9-6-5-8(7-16-9)10(15)18-20/h5-7,12,20H,1-4H3,(H2,15,18)(H,17,19). The fraction of sp³-hybridized carbons (Fsp3) is 0.500. The van der Waals surface area contributed by atoms with Crippen LogP contribution in [-0.2, 0) is 0 Å². The number of carbonyl (C=O) groups is 1. The van der Waals surface area contributed by atoms with Crippen LogP contribution >= 0.6 is 0 Å². The second kappa shape index (κ2) is 4.47. The van der Waals surface area contributed by atoms with Crippen LogP contribution in [0.3, 0.4) is 0 Å². The predicted octanol–water partition coefficient (Wildman–Crippen LogP) is 1.34. The summed E-state index contributed by atoms with van der Waals surface area (Å²) in [6.07, 6.45) is 1.41. The molecule has 4 N–H and O–H groups in total. The Morgan fingerprint density at radius 1 is 1.35 bits per heavy atom. The van der Waals surface area contributed by atoms with Crippen LogP contribution in [0.4, 0.5) is 0 Å². The van der Waals surface area contributed by atoms with E-state index in [1.807, 2.05) is 0 Å². The molecule has 1 amide bonds. The normalized spacial score (nSPS) is 20.5. The topological polar surface area (TPSA) is 101 Å². The fourth-order valence-corrected chi connectivity index (χ4v) is 2.50. The number of rotatable bonds is 3. The minimum absolute atomic E-state index is 0.0334. The van der Waals surface area contributed by atoms with Gasteiger partial charge in [-0.25, -0.2) is 0 Å². The number of nitrogens with zero attached hydrogens (tertiary/aromatic N) is 2. The molecule has 0 aliphatic heterocycles. The molecular weight excluding hydrogens is 256 g/mol. The highest BCUT2D eigenvalue weighted by atomic mass is 16.4. The first-order valence-corrected chi connectivity index (χ1v) is 6.46. The first kappa shape index (κ1) is 14.3. The van der Waals surface area contributed by atoms with Gasteiger partial charge in [0.25, 0.3) is 5.91 Å². The van der Waals surface area contributed by atoms with Gasteiger partial charge in [-0.1, -0.05) is 32.9 Å². The lowest BCUT2D eigenvalue weighted by Crippen LogP contribution is -2.30. The van der Waals surface area contributed by atoms with Crippen LogP contribution in [0.1, 0.15) is 43.7 Å². The zero-order valence-electron chi connectivity index (χ0n) is 12.1. The number of pyridine rings is 1. The maximum atomic E-state index is 12.1. The first-order valence-electron chi connectivity index (χ1n) is 6.46. The molecule has 1 aromatic heterocycles. The molecule has 0 radical (unpaired) electrons. The summed E-state index contributed by atoms with van der Waals surface area (Å²) in [4.78, 5) is 16.2. The third-order valence-electron chi connectivity index (χ3n) is 4.70. The van der Waals surface area contributed by atoms with Gasteiger partial charge in [-0.05, 0) is 23.0 Å². The maximum Gasteiger partial charge on any atom is 0.270 e. The van der Waals surface area contributed by atoms with Gasteiger partial charge in [0, 0.05) is 17.8 Å². The van der Waals surface area contributed by atoms with Gasteiger partial charge in [0.1, 0.15) is 5.69 Å². The van der Waals surface area contributed by atoms with Crippen molar-refractivity contribution < 1.29 is 10.0 Å². The van der Waals surface area contributed by atoms with Gasteiger partial charge in [-0.2, -0.15) is 0 Å². The molecule has 1 fully saturated rings. The average molecular weight is 276 g/mol. The van der Waals surface area contributed by atoms with Crippen molar-refractivity contribution in [2.45, 2.75) is 33.7 Å². The molecule has 0 unspecified atom stereocenters. The number of aromatic nitrogens is 1. The minimum atomic E-state index is -0.209. The van der Waals surface area contributed by atoms with Gasteiger partial charge < -0.3 is 16.3 Å². The lowest BCUT2D eigenvalue weighted by molar-refractivity contribution is 0.0938. The highest BCUT2D eigenvalue weighted by Crippen LogP contribution is 2.62. The monoisotopic (exact) mass is 276 g/mol. The summed E-state index contributed by atoms with van der Waals surface area (Å²) in [5.41, 5.74) is 6.39. The third kappa shape index (κ3) is 2.11. The van der Waals surface area contributed by atoms with Crippen molar-refractivity contribution in [2.24, 2.45) is 21.7 Å². The van der Waals surface area contributed by atoms with E-state index in [9.17, 15) is 4.79 Å². The van der Waals surface area contributed by atoms with Gasteiger partial charge in [-0.3, -0.25) is 9.78 Å². The molecule has 0 spiro atoms. The molecule has 2 rings (SSSR count). The molecule has 1 aliphatic rings. The summed E-state index contributed by atoms with van der Waals surface area (Å²) in [5.74, 6) is -0.242. The maximum absolute atomic E-state index is 12.1. The molecular formula is C14H20N4O2. The molecule has 6 heteroatoms. The highest BCUT2D eigenvalue weighted by Gasteiger charge is 2.65. The Kier molecular flexibility index (Phi) is 3.20. The van der Waals surface area contributed by atoms with E-state index in [0.29, 0.717) is 11.3 Å². The van der Waals surface area contributed by atoms with E-state index in [0.717, 1.165) is 0 Å². The van der Waals surface area contributed by atoms with E-state index in [2.05, 4.69) is 43.2 Å². The molecule has 0 aromatic carbocycles. The minimum Gasteiger partial charge on any atom is -0.409 e. The van der Waals surface area contributed by atoms with Crippen molar-refractivity contribution in [3.05, 3.63) is 29.6 Å². The van der Waals surface area contributed by atoms with Gasteiger partial charge in [-0.15, -0.1) is 0 Å². The number of nitrogens with one attached hydrogen (secondary N) is 1. The van der Waals surface area contributed by atoms with Crippen LogP contribution in [-0.4, -0.2) is 28.0 Å². The van der Waals surface area contributed by atoms with Crippen molar-refractivity contribution in [3.8, 4) is 0 Å². The number of hydrogen-bond donors (Lipinski definition) is 3. The van der Waals surface area contributed by atoms with Crippen LogP contribution < -0.4 is 11.1 Å². The molecule has 0 saturated heterocycles. The van der Waals surface area contributed by atoms with E-state index >= 15 is 0 Å². The molecule has 6 nitrogen and oxygen atoms in total. The number of amidine groups is 1. The SMILES string of the molecule is CC1(C)C(NC(=O)c2ccc(C(N)=NO)cn2)C1(C)C. The Hall–Kier alpha value is -2.11. The Bertz CT molecular complexity index is 547. The zero-order valence-corrected chi connectivity index (χ0v) is 12.1. The van der Waals surface area contributed by atoms with Gasteiger partial charge in [0.2, 0.25) is 0 Å². The molecule has 1 aromatic rings. The largest absolute Gasteiger partial charge is 0.409 e. The van der Waals surface area contributed by atoms with Crippen LogP contribution in [0, 0.1) is 10.8 Å². The van der Waals surface area contributed by atoms with Gasteiger partial charge in [0.15, 0.2) is 5.84 Å². The Morgan fingerprint density at radius 2 is 1.95 bits per heavy atom. The number of hydrogen-bond acceptors (Lipinski definition) is 4. The number of carbonyl (C=O) groups excluding carboxylic acids is 1. The molecule has 0 atom stereocenters. The van der Waals surface area contributed by atoms with E-state index in [4.69, 9.17) is 10.9 Å². The summed E-state index contributed by atoms with van der Waals surface area (Å²) >= 11 is 0. The quantitative estimate of drug-likeness (QED) is 0.335. The molecule has 108 valence electrons. The Labute approximate surface area is 118 Å². The van der Waals surface area contributed by atoms with Gasteiger partial charge >= 0.3 is 0 Å².